The van der Waals surface area contributed by atoms with Crippen LogP contribution >= 0.6 is 0 Å². The lowest BCUT2D eigenvalue weighted by atomic mass is 9.96. The van der Waals surface area contributed by atoms with Gasteiger partial charge in [-0.3, -0.25) is 0 Å². The second-order valence-electron chi connectivity index (χ2n) is 12.1. The Hall–Kier alpha value is -6.38. The second-order valence-corrected chi connectivity index (χ2v) is 12.1. The van der Waals surface area contributed by atoms with Gasteiger partial charge in [0.2, 0.25) is 0 Å². The van der Waals surface area contributed by atoms with Gasteiger partial charge in [0.1, 0.15) is 11.2 Å². The van der Waals surface area contributed by atoms with Gasteiger partial charge in [-0.25, -0.2) is 0 Å². The third-order valence-corrected chi connectivity index (χ3v) is 9.30. The maximum Gasteiger partial charge on any atom is 0.136 e. The van der Waals surface area contributed by atoms with Crippen LogP contribution in [-0.4, -0.2) is 0 Å². The first kappa shape index (κ1) is 27.9. The normalized spacial score (nSPS) is 11.3. The van der Waals surface area contributed by atoms with E-state index in [0.717, 1.165) is 44.6 Å². The first-order valence-corrected chi connectivity index (χ1v) is 16.3. The first-order valence-electron chi connectivity index (χ1n) is 16.3. The zero-order chi connectivity index (χ0) is 31.9. The summed E-state index contributed by atoms with van der Waals surface area (Å²) >= 11 is 0. The molecule has 1 aromatic heterocycles. The van der Waals surface area contributed by atoms with Gasteiger partial charge in [0.05, 0.1) is 0 Å². The quantitative estimate of drug-likeness (QED) is 0.185. The second kappa shape index (κ2) is 11.8. The van der Waals surface area contributed by atoms with Crippen molar-refractivity contribution in [1.82, 2.24) is 0 Å². The van der Waals surface area contributed by atoms with Crippen molar-refractivity contribution in [1.29, 1.82) is 0 Å². The summed E-state index contributed by atoms with van der Waals surface area (Å²) < 4.78 is 6.17. The van der Waals surface area contributed by atoms with E-state index < -0.39 is 0 Å². The van der Waals surface area contributed by atoms with Crippen LogP contribution in [0.2, 0.25) is 0 Å². The number of benzene rings is 8. The number of hydrogen-bond acceptors (Lipinski definition) is 2. The van der Waals surface area contributed by atoms with Crippen molar-refractivity contribution in [2.24, 2.45) is 0 Å². The molecule has 0 saturated carbocycles. The molecule has 2 nitrogen and oxygen atoms in total. The molecule has 8 aromatic carbocycles. The first-order chi connectivity index (χ1) is 23.8. The zero-order valence-corrected chi connectivity index (χ0v) is 26.3. The minimum Gasteiger partial charge on any atom is -0.456 e. The molecule has 0 saturated heterocycles. The van der Waals surface area contributed by atoms with Crippen molar-refractivity contribution in [3.05, 3.63) is 188 Å². The Bertz CT molecular complexity index is 2520. The Balaban J connectivity index is 1.04. The molecule has 0 aliphatic carbocycles. The van der Waals surface area contributed by atoms with E-state index in [0.29, 0.717) is 0 Å². The molecule has 9 rings (SSSR count). The van der Waals surface area contributed by atoms with E-state index in [9.17, 15) is 0 Å². The lowest BCUT2D eigenvalue weighted by molar-refractivity contribution is 0.669. The summed E-state index contributed by atoms with van der Waals surface area (Å²) in [5.41, 5.74) is 12.3. The third-order valence-electron chi connectivity index (χ3n) is 9.30. The van der Waals surface area contributed by atoms with E-state index in [4.69, 9.17) is 4.42 Å². The number of anilines is 3. The lowest BCUT2D eigenvalue weighted by Gasteiger charge is -2.26. The summed E-state index contributed by atoms with van der Waals surface area (Å²) in [6.07, 6.45) is 0. The highest BCUT2D eigenvalue weighted by Gasteiger charge is 2.15. The Morgan fingerprint density at radius 2 is 0.792 bits per heavy atom. The summed E-state index contributed by atoms with van der Waals surface area (Å²) in [4.78, 5) is 2.31. The SMILES string of the molecule is c1ccc(N(c2ccc(-c3ccc(-c4cccc5ccccc45)cc3)cc2)c2ccc(-c3cccc4oc5ccccc5c34)cc2)cc1. The van der Waals surface area contributed by atoms with E-state index >= 15 is 0 Å². The van der Waals surface area contributed by atoms with Crippen molar-refractivity contribution in [2.75, 3.05) is 4.90 Å². The van der Waals surface area contributed by atoms with Crippen LogP contribution in [0.1, 0.15) is 0 Å². The largest absolute Gasteiger partial charge is 0.456 e. The maximum atomic E-state index is 6.17. The zero-order valence-electron chi connectivity index (χ0n) is 26.3. The number of rotatable bonds is 6. The molecule has 48 heavy (non-hydrogen) atoms. The lowest BCUT2D eigenvalue weighted by Crippen LogP contribution is -2.09. The molecular formula is C46H31NO. The van der Waals surface area contributed by atoms with Gasteiger partial charge in [-0.2, -0.15) is 0 Å². The van der Waals surface area contributed by atoms with Gasteiger partial charge in [-0.05, 0) is 92.7 Å². The molecule has 0 fully saturated rings. The van der Waals surface area contributed by atoms with E-state index in [1.807, 2.05) is 18.2 Å². The molecule has 0 spiro atoms. The highest BCUT2D eigenvalue weighted by atomic mass is 16.3. The Kier molecular flexibility index (Phi) is 6.84. The van der Waals surface area contributed by atoms with Gasteiger partial charge in [0.25, 0.3) is 0 Å². The van der Waals surface area contributed by atoms with Gasteiger partial charge in [-0.15, -0.1) is 0 Å². The summed E-state index contributed by atoms with van der Waals surface area (Å²) in [5, 5.41) is 4.83. The molecule has 226 valence electrons. The van der Waals surface area contributed by atoms with Crippen LogP contribution in [0, 0.1) is 0 Å². The third kappa shape index (κ3) is 4.92. The molecule has 0 bridgehead atoms. The fraction of sp³-hybridized carbons (Fsp3) is 0. The van der Waals surface area contributed by atoms with Crippen molar-refractivity contribution in [2.45, 2.75) is 0 Å². The minimum atomic E-state index is 0.909. The molecule has 2 heteroatoms. The molecule has 0 N–H and O–H groups in total. The monoisotopic (exact) mass is 613 g/mol. The predicted molar refractivity (Wildman–Crippen MR) is 202 cm³/mol. The molecule has 0 radical (unpaired) electrons. The molecule has 0 amide bonds. The van der Waals surface area contributed by atoms with Gasteiger partial charge < -0.3 is 9.32 Å². The van der Waals surface area contributed by atoms with Crippen molar-refractivity contribution >= 4 is 49.8 Å². The molecule has 1 heterocycles. The van der Waals surface area contributed by atoms with Gasteiger partial charge in [-0.1, -0.05) is 140 Å². The topological polar surface area (TPSA) is 16.4 Å². The molecule has 0 atom stereocenters. The molecule has 0 unspecified atom stereocenters. The Labute approximate surface area is 279 Å². The Morgan fingerprint density at radius 1 is 0.312 bits per heavy atom. The smallest absolute Gasteiger partial charge is 0.136 e. The van der Waals surface area contributed by atoms with Crippen LogP contribution in [0.4, 0.5) is 17.1 Å². The number of nitrogens with zero attached hydrogens (tertiary/aromatic N) is 1. The van der Waals surface area contributed by atoms with Crippen LogP contribution in [0.3, 0.4) is 0 Å². The van der Waals surface area contributed by atoms with Crippen LogP contribution in [0.5, 0.6) is 0 Å². The number of furan rings is 1. The number of hydrogen-bond donors (Lipinski definition) is 0. The maximum absolute atomic E-state index is 6.17. The van der Waals surface area contributed by atoms with E-state index in [2.05, 4.69) is 175 Å². The van der Waals surface area contributed by atoms with Crippen LogP contribution in [0.15, 0.2) is 192 Å². The van der Waals surface area contributed by atoms with Crippen molar-refractivity contribution in [3.8, 4) is 33.4 Å². The average Bonchev–Trinajstić information content (AvgIpc) is 3.55. The highest BCUT2D eigenvalue weighted by molar-refractivity contribution is 6.12. The molecule has 0 aliphatic rings. The Morgan fingerprint density at radius 3 is 1.54 bits per heavy atom. The van der Waals surface area contributed by atoms with E-state index in [1.165, 1.54) is 38.6 Å². The highest BCUT2D eigenvalue weighted by Crippen LogP contribution is 2.40. The summed E-state index contributed by atoms with van der Waals surface area (Å²) in [7, 11) is 0. The van der Waals surface area contributed by atoms with Gasteiger partial charge in [0, 0.05) is 27.8 Å². The van der Waals surface area contributed by atoms with Crippen molar-refractivity contribution in [3.63, 3.8) is 0 Å². The molecule has 0 aliphatic heterocycles. The van der Waals surface area contributed by atoms with Crippen LogP contribution in [0.25, 0.3) is 66.1 Å². The van der Waals surface area contributed by atoms with E-state index in [1.54, 1.807) is 0 Å². The fourth-order valence-electron chi connectivity index (χ4n) is 6.95. The van der Waals surface area contributed by atoms with Gasteiger partial charge >= 0.3 is 0 Å². The number of para-hydroxylation sites is 2. The molecular weight excluding hydrogens is 583 g/mol. The van der Waals surface area contributed by atoms with E-state index in [-0.39, 0.29) is 0 Å². The minimum absolute atomic E-state index is 0.909. The fourth-order valence-corrected chi connectivity index (χ4v) is 6.95. The van der Waals surface area contributed by atoms with Crippen LogP contribution < -0.4 is 4.90 Å². The summed E-state index contributed by atoms with van der Waals surface area (Å²) in [6.45, 7) is 0. The summed E-state index contributed by atoms with van der Waals surface area (Å²) in [5.74, 6) is 0. The number of fused-ring (bicyclic) bond motifs is 4. The summed E-state index contributed by atoms with van der Waals surface area (Å²) in [6, 6.07) is 66.9. The predicted octanol–water partition coefficient (Wildman–Crippen LogP) is 13.2. The van der Waals surface area contributed by atoms with Gasteiger partial charge in [0.15, 0.2) is 0 Å². The standard InChI is InChI=1S/C46H31NO/c1-2-12-37(13-3-1)47(39-30-26-36(27-31-39)42-17-9-19-45-46(42)43-15-6-7-18-44(43)48-45)38-28-24-33(25-29-38)32-20-22-35(23-21-32)41-16-8-11-34-10-4-5-14-40(34)41/h1-31H. The average molecular weight is 614 g/mol. The molecule has 9 aromatic rings. The van der Waals surface area contributed by atoms with Crippen LogP contribution in [-0.2, 0) is 0 Å². The van der Waals surface area contributed by atoms with Crippen molar-refractivity contribution < 1.29 is 4.42 Å².